The number of aromatic hydroxyl groups is 1. The Labute approximate surface area is 219 Å². The summed E-state index contributed by atoms with van der Waals surface area (Å²) in [5.74, 6) is 6.72. The first-order valence-electron chi connectivity index (χ1n) is 12.4. The van der Waals surface area contributed by atoms with Gasteiger partial charge >= 0.3 is 0 Å². The Morgan fingerprint density at radius 2 is 2.22 bits per heavy atom. The van der Waals surface area contributed by atoms with E-state index in [-0.39, 0.29) is 24.3 Å². The summed E-state index contributed by atoms with van der Waals surface area (Å²) in [5, 5.41) is 28.3. The number of anilines is 1. The number of pyridine rings is 1. The molecular formula is C28H29N5O3S. The van der Waals surface area contributed by atoms with Crippen LogP contribution in [0.3, 0.4) is 0 Å². The van der Waals surface area contributed by atoms with Crippen molar-refractivity contribution in [1.82, 2.24) is 20.1 Å². The van der Waals surface area contributed by atoms with Crippen LogP contribution in [0.5, 0.6) is 5.75 Å². The number of aliphatic hydroxyl groups excluding tert-OH is 1. The first-order valence-corrected chi connectivity index (χ1v) is 13.2. The normalized spacial score (nSPS) is 15.4. The molecule has 8 nitrogen and oxygen atoms in total. The highest BCUT2D eigenvalue weighted by Crippen LogP contribution is 2.35. The molecule has 0 aliphatic carbocycles. The predicted octanol–water partition coefficient (Wildman–Crippen LogP) is 3.93. The van der Waals surface area contributed by atoms with Gasteiger partial charge in [-0.2, -0.15) is 5.10 Å². The van der Waals surface area contributed by atoms with Crippen molar-refractivity contribution in [3.05, 3.63) is 59.4 Å². The molecule has 1 atom stereocenters. The van der Waals surface area contributed by atoms with E-state index in [4.69, 9.17) is 5.11 Å². The van der Waals surface area contributed by atoms with Gasteiger partial charge in [0.2, 0.25) is 0 Å². The largest absolute Gasteiger partial charge is 0.507 e. The molecule has 0 saturated carbocycles. The number of carbonyl (C=O) groups is 1. The first kappa shape index (κ1) is 25.0. The molecular weight excluding hydrogens is 486 g/mol. The third-order valence-corrected chi connectivity index (χ3v) is 7.46. The van der Waals surface area contributed by atoms with Crippen molar-refractivity contribution in [2.75, 3.05) is 24.6 Å². The number of hydrogen-bond acceptors (Lipinski definition) is 7. The number of phenolic OH excluding ortho intramolecular Hbond substituents is 1. The average molecular weight is 516 g/mol. The molecule has 190 valence electrons. The summed E-state index contributed by atoms with van der Waals surface area (Å²) >= 11 is 1.57. The van der Waals surface area contributed by atoms with E-state index >= 15 is 0 Å². The van der Waals surface area contributed by atoms with Gasteiger partial charge in [0, 0.05) is 65.8 Å². The first-order chi connectivity index (χ1) is 18.0. The number of rotatable bonds is 6. The summed E-state index contributed by atoms with van der Waals surface area (Å²) < 4.78 is 2.68. The number of hydrogen-bond donors (Lipinski definition) is 3. The molecule has 0 radical (unpaired) electrons. The Balaban J connectivity index is 1.53. The van der Waals surface area contributed by atoms with Gasteiger partial charge in [-0.3, -0.25) is 14.4 Å². The number of fused-ring (bicyclic) bond motifs is 1. The number of nitrogens with one attached hydrogen (secondary N) is 1. The zero-order chi connectivity index (χ0) is 25.8. The van der Waals surface area contributed by atoms with E-state index in [1.54, 1.807) is 45.4 Å². The molecule has 1 aliphatic heterocycles. The van der Waals surface area contributed by atoms with Crippen LogP contribution < -0.4 is 10.2 Å². The second kappa shape index (κ2) is 11.1. The summed E-state index contributed by atoms with van der Waals surface area (Å²) in [6.45, 7) is 1.71. The van der Waals surface area contributed by atoms with Crippen LogP contribution in [-0.4, -0.2) is 56.6 Å². The molecule has 0 unspecified atom stereocenters. The van der Waals surface area contributed by atoms with E-state index in [0.29, 0.717) is 36.3 Å². The van der Waals surface area contributed by atoms with Crippen molar-refractivity contribution in [3.63, 3.8) is 0 Å². The van der Waals surface area contributed by atoms with Crippen molar-refractivity contribution in [1.29, 1.82) is 0 Å². The van der Waals surface area contributed by atoms with Gasteiger partial charge in [-0.05, 0) is 56.1 Å². The highest BCUT2D eigenvalue weighted by Gasteiger charge is 2.30. The number of aliphatic hydroxyl groups is 1. The molecule has 1 saturated heterocycles. The second-order valence-electron chi connectivity index (χ2n) is 9.10. The third-order valence-electron chi connectivity index (χ3n) is 6.44. The van der Waals surface area contributed by atoms with Crippen LogP contribution in [0, 0.1) is 11.8 Å². The van der Waals surface area contributed by atoms with E-state index < -0.39 is 0 Å². The molecule has 3 N–H and O–H groups in total. The Bertz CT molecular complexity index is 1480. The number of amides is 1. The van der Waals surface area contributed by atoms with E-state index in [2.05, 4.69) is 27.2 Å². The number of piperidine rings is 1. The summed E-state index contributed by atoms with van der Waals surface area (Å²) in [4.78, 5) is 21.4. The Morgan fingerprint density at radius 3 is 2.95 bits per heavy atom. The van der Waals surface area contributed by atoms with Gasteiger partial charge in [-0.1, -0.05) is 11.8 Å². The fourth-order valence-electron chi connectivity index (χ4n) is 4.62. The lowest BCUT2D eigenvalue weighted by Gasteiger charge is -2.34. The molecule has 1 aromatic carbocycles. The Kier molecular flexibility index (Phi) is 7.51. The molecule has 1 aliphatic rings. The maximum absolute atomic E-state index is 14.0. The molecule has 4 heterocycles. The molecule has 1 fully saturated rings. The fourth-order valence-corrected chi connectivity index (χ4v) is 5.54. The van der Waals surface area contributed by atoms with Crippen molar-refractivity contribution in [2.24, 2.45) is 7.05 Å². The molecule has 3 aromatic heterocycles. The maximum Gasteiger partial charge on any atom is 0.259 e. The minimum atomic E-state index is -0.205. The van der Waals surface area contributed by atoms with Crippen molar-refractivity contribution < 1.29 is 15.0 Å². The molecule has 0 bridgehead atoms. The lowest BCUT2D eigenvalue weighted by atomic mass is 10.0. The number of unbranched alkanes of at least 4 members (excludes halogenated alkanes) is 1. The summed E-state index contributed by atoms with van der Waals surface area (Å²) in [7, 11) is 1.82. The van der Waals surface area contributed by atoms with Crippen LogP contribution in [-0.2, 0) is 7.05 Å². The monoisotopic (exact) mass is 515 g/mol. The van der Waals surface area contributed by atoms with Crippen LogP contribution in [0.2, 0.25) is 0 Å². The minimum Gasteiger partial charge on any atom is -0.507 e. The maximum atomic E-state index is 14.0. The van der Waals surface area contributed by atoms with Gasteiger partial charge in [0.25, 0.3) is 5.91 Å². The van der Waals surface area contributed by atoms with E-state index in [1.165, 1.54) is 6.07 Å². The number of aryl methyl sites for hydroxylation is 1. The van der Waals surface area contributed by atoms with Gasteiger partial charge < -0.3 is 15.5 Å². The third kappa shape index (κ3) is 5.37. The minimum absolute atomic E-state index is 0.0303. The quantitative estimate of drug-likeness (QED) is 0.266. The van der Waals surface area contributed by atoms with Gasteiger partial charge in [-0.25, -0.2) is 4.98 Å². The van der Waals surface area contributed by atoms with Crippen LogP contribution in [0.1, 0.15) is 40.9 Å². The fraction of sp³-hybridized carbons (Fsp3) is 0.321. The predicted molar refractivity (Wildman–Crippen MR) is 146 cm³/mol. The summed E-state index contributed by atoms with van der Waals surface area (Å²) in [6, 6.07) is 8.90. The number of nitrogens with zero attached hydrogens (tertiary/aromatic N) is 4. The Morgan fingerprint density at radius 1 is 1.32 bits per heavy atom. The highest BCUT2D eigenvalue weighted by atomic mass is 32.1. The molecule has 37 heavy (non-hydrogen) atoms. The number of phenols is 1. The van der Waals surface area contributed by atoms with Crippen molar-refractivity contribution in [3.8, 4) is 28.7 Å². The highest BCUT2D eigenvalue weighted by molar-refractivity contribution is 7.19. The number of benzene rings is 1. The molecule has 0 spiro atoms. The van der Waals surface area contributed by atoms with Crippen LogP contribution >= 0.6 is 11.3 Å². The SMILES string of the molecule is Cn1cc(-c2ccc(C(=O)N(c3nccc4sc(C#CCCCO)cc34)[C@@H]3CCCNC3)cc2O)cn1. The van der Waals surface area contributed by atoms with Gasteiger partial charge in [0.1, 0.15) is 11.6 Å². The topological polar surface area (TPSA) is 104 Å². The zero-order valence-electron chi connectivity index (χ0n) is 20.6. The van der Waals surface area contributed by atoms with Crippen LogP contribution in [0.15, 0.2) is 48.9 Å². The van der Waals surface area contributed by atoms with E-state index in [1.807, 2.05) is 25.4 Å². The van der Waals surface area contributed by atoms with Crippen LogP contribution in [0.4, 0.5) is 5.82 Å². The van der Waals surface area contributed by atoms with Gasteiger partial charge in [0.05, 0.1) is 17.1 Å². The van der Waals surface area contributed by atoms with Gasteiger partial charge in [0.15, 0.2) is 0 Å². The molecule has 4 aromatic rings. The molecule has 1 amide bonds. The van der Waals surface area contributed by atoms with Gasteiger partial charge in [-0.15, -0.1) is 11.3 Å². The second-order valence-corrected chi connectivity index (χ2v) is 10.2. The lowest BCUT2D eigenvalue weighted by Crippen LogP contribution is -2.49. The van der Waals surface area contributed by atoms with E-state index in [0.717, 1.165) is 39.9 Å². The van der Waals surface area contributed by atoms with Crippen molar-refractivity contribution in [2.45, 2.75) is 31.7 Å². The zero-order valence-corrected chi connectivity index (χ0v) is 21.5. The average Bonchev–Trinajstić information content (AvgIpc) is 3.53. The smallest absolute Gasteiger partial charge is 0.259 e. The molecule has 9 heteroatoms. The van der Waals surface area contributed by atoms with E-state index in [9.17, 15) is 9.90 Å². The standard InChI is InChI=1S/C28H29N5O3S/c1-32-18-20(16-31-32)23-9-8-19(14-25(23)35)28(36)33(21-6-5-11-29-17-21)27-24-15-22(7-3-2-4-13-34)37-26(24)10-12-30-27/h8-10,12,14-16,18,21,29,34-35H,2,4-6,11,13,17H2,1H3/t21-/m1/s1. The van der Waals surface area contributed by atoms with Crippen LogP contribution in [0.25, 0.3) is 21.2 Å². The number of carbonyl (C=O) groups excluding carboxylic acids is 1. The summed E-state index contributed by atoms with van der Waals surface area (Å²) in [6.07, 6.45) is 8.33. The summed E-state index contributed by atoms with van der Waals surface area (Å²) in [5.41, 5.74) is 1.80. The molecule has 5 rings (SSSR count). The Hall–Kier alpha value is -3.71. The van der Waals surface area contributed by atoms with Crippen molar-refractivity contribution >= 4 is 33.1 Å². The number of aromatic nitrogens is 3. The lowest BCUT2D eigenvalue weighted by molar-refractivity contribution is 0.0971. The number of thiophene rings is 1.